The minimum absolute atomic E-state index is 0.0833. The van der Waals surface area contributed by atoms with Gasteiger partial charge in [-0.15, -0.1) is 0 Å². The Morgan fingerprint density at radius 3 is 2.85 bits per heavy atom. The molecule has 1 fully saturated rings. The van der Waals surface area contributed by atoms with Gasteiger partial charge in [0.25, 0.3) is 0 Å². The van der Waals surface area contributed by atoms with Gasteiger partial charge in [-0.05, 0) is 37.6 Å². The van der Waals surface area contributed by atoms with Gasteiger partial charge in [0, 0.05) is 12.6 Å². The van der Waals surface area contributed by atoms with Crippen molar-refractivity contribution < 1.29 is 12.8 Å². The second-order valence-electron chi connectivity index (χ2n) is 4.76. The Morgan fingerprint density at radius 2 is 2.25 bits per heavy atom. The lowest BCUT2D eigenvalue weighted by atomic mass is 10.1. The second kappa shape index (κ2) is 6.31. The zero-order chi connectivity index (χ0) is 14.6. The normalized spacial score (nSPS) is 19.5. The standard InChI is InChI=1S/C13H16FN3O2S/c14-12-7-10(8-15)4-5-13(12)20(18,19)17-9-11-3-1-2-6-16-11/h4-5,7,11,16-17H,1-3,6,9H2/t11-/m0/s1. The van der Waals surface area contributed by atoms with Crippen molar-refractivity contribution >= 4 is 10.0 Å². The highest BCUT2D eigenvalue weighted by atomic mass is 32.2. The minimum atomic E-state index is -3.89. The first-order chi connectivity index (χ1) is 9.53. The molecule has 0 radical (unpaired) electrons. The molecular formula is C13H16FN3O2S. The lowest BCUT2D eigenvalue weighted by molar-refractivity contribution is 0.398. The van der Waals surface area contributed by atoms with Gasteiger partial charge in [-0.2, -0.15) is 5.26 Å². The molecule has 1 saturated heterocycles. The lowest BCUT2D eigenvalue weighted by Crippen LogP contribution is -2.43. The van der Waals surface area contributed by atoms with Gasteiger partial charge >= 0.3 is 0 Å². The van der Waals surface area contributed by atoms with Crippen molar-refractivity contribution in [3.05, 3.63) is 29.6 Å². The summed E-state index contributed by atoms with van der Waals surface area (Å²) < 4.78 is 40.2. The molecule has 7 heteroatoms. The number of sulfonamides is 1. The summed E-state index contributed by atoms with van der Waals surface area (Å²) in [7, 11) is -3.89. The quantitative estimate of drug-likeness (QED) is 0.872. The first-order valence-corrected chi connectivity index (χ1v) is 7.94. The maximum Gasteiger partial charge on any atom is 0.243 e. The molecule has 0 saturated carbocycles. The molecule has 1 aromatic rings. The molecule has 0 spiro atoms. The number of nitrogens with one attached hydrogen (secondary N) is 2. The molecule has 0 bridgehead atoms. The van der Waals surface area contributed by atoms with Crippen LogP contribution in [0.5, 0.6) is 0 Å². The highest BCUT2D eigenvalue weighted by Crippen LogP contribution is 2.16. The topological polar surface area (TPSA) is 82.0 Å². The van der Waals surface area contributed by atoms with E-state index in [9.17, 15) is 12.8 Å². The van der Waals surface area contributed by atoms with Gasteiger partial charge in [-0.3, -0.25) is 0 Å². The first kappa shape index (κ1) is 14.9. The minimum Gasteiger partial charge on any atom is -0.313 e. The van der Waals surface area contributed by atoms with Gasteiger partial charge in [0.15, 0.2) is 0 Å². The predicted octanol–water partition coefficient (Wildman–Crippen LogP) is 1.12. The molecule has 1 atom stereocenters. The summed E-state index contributed by atoms with van der Waals surface area (Å²) in [6.45, 7) is 1.11. The molecule has 2 rings (SSSR count). The van der Waals surface area contributed by atoms with Crippen LogP contribution in [0.2, 0.25) is 0 Å². The Morgan fingerprint density at radius 1 is 1.45 bits per heavy atom. The third-order valence-corrected chi connectivity index (χ3v) is 4.74. The van der Waals surface area contributed by atoms with Crippen LogP contribution < -0.4 is 10.0 Å². The largest absolute Gasteiger partial charge is 0.313 e. The molecule has 1 aliphatic heterocycles. The Bertz CT molecular complexity index is 619. The van der Waals surface area contributed by atoms with E-state index in [1.54, 1.807) is 6.07 Å². The Kier molecular flexibility index (Phi) is 4.70. The molecule has 1 aromatic carbocycles. The highest BCUT2D eigenvalue weighted by molar-refractivity contribution is 7.89. The van der Waals surface area contributed by atoms with E-state index in [0.29, 0.717) is 0 Å². The summed E-state index contributed by atoms with van der Waals surface area (Å²) >= 11 is 0. The van der Waals surface area contributed by atoms with Gasteiger partial charge < -0.3 is 5.32 Å². The van der Waals surface area contributed by atoms with E-state index in [-0.39, 0.29) is 18.2 Å². The molecule has 0 amide bonds. The number of piperidine rings is 1. The summed E-state index contributed by atoms with van der Waals surface area (Å²) in [5, 5.41) is 11.9. The van der Waals surface area contributed by atoms with Crippen LogP contribution >= 0.6 is 0 Å². The van der Waals surface area contributed by atoms with Gasteiger partial charge in [0.1, 0.15) is 10.7 Å². The summed E-state index contributed by atoms with van der Waals surface area (Å²) in [5.41, 5.74) is 0.0930. The fourth-order valence-electron chi connectivity index (χ4n) is 2.17. The summed E-state index contributed by atoms with van der Waals surface area (Å²) in [6.07, 6.45) is 3.05. The number of nitriles is 1. The van der Waals surface area contributed by atoms with Crippen molar-refractivity contribution in [2.24, 2.45) is 0 Å². The summed E-state index contributed by atoms with van der Waals surface area (Å²) in [4.78, 5) is -0.424. The van der Waals surface area contributed by atoms with Crippen LogP contribution in [0.4, 0.5) is 4.39 Å². The van der Waals surface area contributed by atoms with Crippen LogP contribution in [0.15, 0.2) is 23.1 Å². The zero-order valence-electron chi connectivity index (χ0n) is 10.9. The van der Waals surface area contributed by atoms with Crippen molar-refractivity contribution in [2.75, 3.05) is 13.1 Å². The molecule has 2 N–H and O–H groups in total. The second-order valence-corrected chi connectivity index (χ2v) is 6.49. The molecule has 20 heavy (non-hydrogen) atoms. The van der Waals surface area contributed by atoms with Crippen LogP contribution in [0.3, 0.4) is 0 Å². The third-order valence-electron chi connectivity index (χ3n) is 3.28. The van der Waals surface area contributed by atoms with E-state index >= 15 is 0 Å². The van der Waals surface area contributed by atoms with Crippen molar-refractivity contribution in [3.63, 3.8) is 0 Å². The average Bonchev–Trinajstić information content (AvgIpc) is 2.46. The number of hydrogen-bond acceptors (Lipinski definition) is 4. The van der Waals surface area contributed by atoms with E-state index in [4.69, 9.17) is 5.26 Å². The molecule has 5 nitrogen and oxygen atoms in total. The lowest BCUT2D eigenvalue weighted by Gasteiger charge is -2.23. The number of rotatable bonds is 4. The zero-order valence-corrected chi connectivity index (χ0v) is 11.7. The van der Waals surface area contributed by atoms with Crippen LogP contribution in [-0.2, 0) is 10.0 Å². The molecule has 1 heterocycles. The smallest absolute Gasteiger partial charge is 0.243 e. The molecule has 0 unspecified atom stereocenters. The maximum atomic E-state index is 13.7. The summed E-state index contributed by atoms with van der Waals surface area (Å²) in [6, 6.07) is 5.18. The van der Waals surface area contributed by atoms with Gasteiger partial charge in [0.2, 0.25) is 10.0 Å². The van der Waals surface area contributed by atoms with E-state index in [0.717, 1.165) is 37.9 Å². The predicted molar refractivity (Wildman–Crippen MR) is 71.9 cm³/mol. The maximum absolute atomic E-state index is 13.7. The molecule has 0 aromatic heterocycles. The van der Waals surface area contributed by atoms with Crippen LogP contribution in [0.25, 0.3) is 0 Å². The van der Waals surface area contributed by atoms with E-state index in [2.05, 4.69) is 10.0 Å². The van der Waals surface area contributed by atoms with Crippen LogP contribution in [-0.4, -0.2) is 27.5 Å². The van der Waals surface area contributed by atoms with Crippen molar-refractivity contribution in [1.82, 2.24) is 10.0 Å². The SMILES string of the molecule is N#Cc1ccc(S(=O)(=O)NC[C@@H]2CCCCN2)c(F)c1. The van der Waals surface area contributed by atoms with Crippen LogP contribution in [0, 0.1) is 17.1 Å². The monoisotopic (exact) mass is 297 g/mol. The Balaban J connectivity index is 2.08. The number of hydrogen-bond donors (Lipinski definition) is 2. The Labute approximate surface area is 117 Å². The van der Waals surface area contributed by atoms with Gasteiger partial charge in [-0.25, -0.2) is 17.5 Å². The Hall–Kier alpha value is -1.49. The molecular weight excluding hydrogens is 281 g/mol. The summed E-state index contributed by atoms with van der Waals surface area (Å²) in [5.74, 6) is -0.909. The van der Waals surface area contributed by atoms with Crippen molar-refractivity contribution in [1.29, 1.82) is 5.26 Å². The fourth-order valence-corrected chi connectivity index (χ4v) is 3.31. The molecule has 0 aliphatic carbocycles. The van der Waals surface area contributed by atoms with Crippen molar-refractivity contribution in [3.8, 4) is 6.07 Å². The average molecular weight is 297 g/mol. The fraction of sp³-hybridized carbons (Fsp3) is 0.462. The van der Waals surface area contributed by atoms with Gasteiger partial charge in [-0.1, -0.05) is 6.42 Å². The first-order valence-electron chi connectivity index (χ1n) is 6.45. The van der Waals surface area contributed by atoms with Gasteiger partial charge in [0.05, 0.1) is 11.6 Å². The molecule has 1 aliphatic rings. The number of halogens is 1. The van der Waals surface area contributed by atoms with E-state index in [1.807, 2.05) is 0 Å². The van der Waals surface area contributed by atoms with E-state index in [1.165, 1.54) is 6.07 Å². The number of benzene rings is 1. The van der Waals surface area contributed by atoms with Crippen molar-refractivity contribution in [2.45, 2.75) is 30.2 Å². The molecule has 108 valence electrons. The number of nitrogens with zero attached hydrogens (tertiary/aromatic N) is 1. The van der Waals surface area contributed by atoms with E-state index < -0.39 is 20.7 Å². The highest BCUT2D eigenvalue weighted by Gasteiger charge is 2.21. The van der Waals surface area contributed by atoms with Crippen LogP contribution in [0.1, 0.15) is 24.8 Å². The third kappa shape index (κ3) is 3.54.